The standard InChI is InChI=1S/C24H55NSi2/c1-7-9-11-13-15-17-19-21-23-26(3,4)25-27(5,6)24-22-20-18-16-14-12-10-8-2/h25H,7-24H2,1-6H3. The molecule has 3 heteroatoms. The normalized spacial score (nSPS) is 12.7. The fourth-order valence-corrected chi connectivity index (χ4v) is 15.0. The lowest BCUT2D eigenvalue weighted by atomic mass is 10.1. The molecule has 0 aliphatic carbocycles. The van der Waals surface area contributed by atoms with Crippen molar-refractivity contribution in [3.05, 3.63) is 0 Å². The van der Waals surface area contributed by atoms with Crippen molar-refractivity contribution in [1.29, 1.82) is 0 Å². The molecule has 0 aromatic rings. The fourth-order valence-electron chi connectivity index (χ4n) is 4.44. The zero-order chi connectivity index (χ0) is 20.4. The van der Waals surface area contributed by atoms with Gasteiger partial charge in [-0.3, -0.25) is 0 Å². The summed E-state index contributed by atoms with van der Waals surface area (Å²) in [4.78, 5) is 0. The molecule has 0 saturated heterocycles. The van der Waals surface area contributed by atoms with Gasteiger partial charge in [0.1, 0.15) is 16.5 Å². The Kier molecular flexibility index (Phi) is 17.5. The van der Waals surface area contributed by atoms with Gasteiger partial charge in [-0.1, -0.05) is 143 Å². The molecule has 0 radical (unpaired) electrons. The van der Waals surface area contributed by atoms with E-state index in [0.717, 1.165) is 0 Å². The van der Waals surface area contributed by atoms with E-state index < -0.39 is 16.5 Å². The van der Waals surface area contributed by atoms with Crippen LogP contribution in [-0.2, 0) is 0 Å². The van der Waals surface area contributed by atoms with Crippen molar-refractivity contribution in [2.24, 2.45) is 0 Å². The molecule has 164 valence electrons. The Balaban J connectivity index is 3.73. The monoisotopic (exact) mass is 413 g/mol. The zero-order valence-corrected chi connectivity index (χ0v) is 22.2. The highest BCUT2D eigenvalue weighted by atomic mass is 28.4. The van der Waals surface area contributed by atoms with Crippen molar-refractivity contribution >= 4 is 16.5 Å². The van der Waals surface area contributed by atoms with E-state index >= 15 is 0 Å². The third-order valence-corrected chi connectivity index (χ3v) is 14.6. The predicted octanol–water partition coefficient (Wildman–Crippen LogP) is 9.27. The number of hydrogen-bond acceptors (Lipinski definition) is 1. The van der Waals surface area contributed by atoms with Gasteiger partial charge in [0.15, 0.2) is 0 Å². The van der Waals surface area contributed by atoms with E-state index in [1.54, 1.807) is 0 Å². The van der Waals surface area contributed by atoms with Crippen LogP contribution in [-0.4, -0.2) is 16.5 Å². The second kappa shape index (κ2) is 17.3. The molecule has 0 heterocycles. The molecule has 0 aromatic carbocycles. The summed E-state index contributed by atoms with van der Waals surface area (Å²) in [6, 6.07) is 2.96. The lowest BCUT2D eigenvalue weighted by Gasteiger charge is -2.35. The summed E-state index contributed by atoms with van der Waals surface area (Å²) in [6.07, 6.45) is 23.1. The summed E-state index contributed by atoms with van der Waals surface area (Å²) >= 11 is 0. The molecule has 0 spiro atoms. The van der Waals surface area contributed by atoms with Gasteiger partial charge in [0.2, 0.25) is 0 Å². The van der Waals surface area contributed by atoms with Crippen LogP contribution in [0.5, 0.6) is 0 Å². The Hall–Kier alpha value is 0.394. The van der Waals surface area contributed by atoms with E-state index in [-0.39, 0.29) is 0 Å². The Morgan fingerprint density at radius 3 is 0.963 bits per heavy atom. The average molecular weight is 414 g/mol. The molecule has 0 amide bonds. The maximum absolute atomic E-state index is 4.25. The predicted molar refractivity (Wildman–Crippen MR) is 133 cm³/mol. The Morgan fingerprint density at radius 2 is 0.667 bits per heavy atom. The molecule has 0 aromatic heterocycles. The van der Waals surface area contributed by atoms with Crippen LogP contribution in [0.2, 0.25) is 38.3 Å². The molecule has 1 nitrogen and oxygen atoms in total. The summed E-state index contributed by atoms with van der Waals surface area (Å²) in [5.41, 5.74) is 0. The molecule has 0 rings (SSSR count). The number of unbranched alkanes of at least 4 members (excludes halogenated alkanes) is 14. The third-order valence-electron chi connectivity index (χ3n) is 5.99. The van der Waals surface area contributed by atoms with Crippen LogP contribution in [0.4, 0.5) is 0 Å². The van der Waals surface area contributed by atoms with Crippen molar-refractivity contribution in [1.82, 2.24) is 4.65 Å². The minimum Gasteiger partial charge on any atom is -0.359 e. The molecular weight excluding hydrogens is 358 g/mol. The highest BCUT2D eigenvalue weighted by Crippen LogP contribution is 2.20. The second-order valence-corrected chi connectivity index (χ2v) is 19.9. The Bertz CT molecular complexity index is 286. The first kappa shape index (κ1) is 27.4. The van der Waals surface area contributed by atoms with Crippen molar-refractivity contribution < 1.29 is 0 Å². The highest BCUT2D eigenvalue weighted by molar-refractivity contribution is 6.91. The van der Waals surface area contributed by atoms with Gasteiger partial charge in [0, 0.05) is 0 Å². The topological polar surface area (TPSA) is 12.0 Å². The van der Waals surface area contributed by atoms with Crippen LogP contribution in [0, 0.1) is 0 Å². The van der Waals surface area contributed by atoms with Gasteiger partial charge in [0.25, 0.3) is 0 Å². The SMILES string of the molecule is CCCCCCCCCC[Si](C)(C)N[Si](C)(C)CCCCCCCCCC. The maximum Gasteiger partial charge on any atom is 0.112 e. The lowest BCUT2D eigenvalue weighted by molar-refractivity contribution is 0.583. The minimum absolute atomic E-state index is 1.20. The zero-order valence-electron chi connectivity index (χ0n) is 20.2. The van der Waals surface area contributed by atoms with E-state index in [4.69, 9.17) is 0 Å². The van der Waals surface area contributed by atoms with Crippen molar-refractivity contribution in [2.45, 2.75) is 155 Å². The molecular formula is C24H55NSi2. The van der Waals surface area contributed by atoms with E-state index in [9.17, 15) is 0 Å². The molecule has 0 unspecified atom stereocenters. The Morgan fingerprint density at radius 1 is 0.407 bits per heavy atom. The smallest absolute Gasteiger partial charge is 0.112 e. The van der Waals surface area contributed by atoms with E-state index in [2.05, 4.69) is 44.7 Å². The van der Waals surface area contributed by atoms with Gasteiger partial charge in [-0.2, -0.15) is 0 Å². The van der Waals surface area contributed by atoms with Gasteiger partial charge in [-0.05, 0) is 12.1 Å². The molecule has 27 heavy (non-hydrogen) atoms. The van der Waals surface area contributed by atoms with Crippen molar-refractivity contribution in [3.63, 3.8) is 0 Å². The largest absolute Gasteiger partial charge is 0.359 e. The molecule has 0 saturated carbocycles. The van der Waals surface area contributed by atoms with Crippen LogP contribution in [0.25, 0.3) is 0 Å². The first-order valence-corrected chi connectivity index (χ1v) is 19.0. The first-order valence-electron chi connectivity index (χ1n) is 12.6. The third kappa shape index (κ3) is 19.5. The second-order valence-electron chi connectivity index (χ2n) is 10.3. The van der Waals surface area contributed by atoms with Gasteiger partial charge in [-0.25, -0.2) is 0 Å². The summed E-state index contributed by atoms with van der Waals surface area (Å²) in [6.45, 7) is 14.9. The van der Waals surface area contributed by atoms with Crippen LogP contribution in [0.1, 0.15) is 117 Å². The molecule has 0 aliphatic heterocycles. The lowest BCUT2D eigenvalue weighted by Crippen LogP contribution is -2.58. The number of nitrogens with one attached hydrogen (secondary N) is 1. The summed E-state index contributed by atoms with van der Waals surface area (Å²) in [5.74, 6) is 0. The van der Waals surface area contributed by atoms with Crippen LogP contribution in [0.3, 0.4) is 0 Å². The number of hydrogen-bond donors (Lipinski definition) is 1. The fraction of sp³-hybridized carbons (Fsp3) is 1.00. The van der Waals surface area contributed by atoms with Gasteiger partial charge >= 0.3 is 0 Å². The van der Waals surface area contributed by atoms with E-state index in [1.165, 1.54) is 115 Å². The molecule has 0 aliphatic rings. The first-order chi connectivity index (χ1) is 12.8. The quantitative estimate of drug-likeness (QED) is 0.155. The molecule has 1 N–H and O–H groups in total. The molecule has 0 atom stereocenters. The molecule has 0 fully saturated rings. The average Bonchev–Trinajstić information content (AvgIpc) is 2.58. The van der Waals surface area contributed by atoms with Crippen molar-refractivity contribution in [2.75, 3.05) is 0 Å². The van der Waals surface area contributed by atoms with Gasteiger partial charge in [0.05, 0.1) is 0 Å². The van der Waals surface area contributed by atoms with Gasteiger partial charge in [-0.15, -0.1) is 0 Å². The van der Waals surface area contributed by atoms with Crippen molar-refractivity contribution in [3.8, 4) is 0 Å². The van der Waals surface area contributed by atoms with E-state index in [0.29, 0.717) is 0 Å². The molecule has 0 bridgehead atoms. The minimum atomic E-state index is -1.20. The maximum atomic E-state index is 4.25. The Labute approximate surface area is 176 Å². The van der Waals surface area contributed by atoms with Crippen LogP contribution in [0.15, 0.2) is 0 Å². The summed E-state index contributed by atoms with van der Waals surface area (Å²) < 4.78 is 4.25. The highest BCUT2D eigenvalue weighted by Gasteiger charge is 2.30. The summed E-state index contributed by atoms with van der Waals surface area (Å²) in [5, 5.41) is 0. The summed E-state index contributed by atoms with van der Waals surface area (Å²) in [7, 11) is -2.40. The van der Waals surface area contributed by atoms with Crippen LogP contribution >= 0.6 is 0 Å². The van der Waals surface area contributed by atoms with E-state index in [1.807, 2.05) is 0 Å². The van der Waals surface area contributed by atoms with Gasteiger partial charge < -0.3 is 4.65 Å². The number of rotatable bonds is 20. The van der Waals surface area contributed by atoms with Crippen LogP contribution < -0.4 is 4.65 Å².